The first-order valence-electron chi connectivity index (χ1n) is 5.02. The van der Waals surface area contributed by atoms with Crippen molar-refractivity contribution in [3.8, 4) is 0 Å². The summed E-state index contributed by atoms with van der Waals surface area (Å²) in [6.07, 6.45) is 0. The molecule has 18 heavy (non-hydrogen) atoms. The van der Waals surface area contributed by atoms with E-state index < -0.39 is 0 Å². The van der Waals surface area contributed by atoms with Gasteiger partial charge < -0.3 is 5.32 Å². The molecule has 94 valence electrons. The van der Waals surface area contributed by atoms with Crippen LogP contribution in [0.2, 0.25) is 5.02 Å². The highest BCUT2D eigenvalue weighted by atomic mass is 127. The van der Waals surface area contributed by atoms with Gasteiger partial charge in [-0.1, -0.05) is 11.6 Å². The van der Waals surface area contributed by atoms with E-state index in [4.69, 9.17) is 11.6 Å². The van der Waals surface area contributed by atoms with Crippen molar-refractivity contribution in [1.29, 1.82) is 0 Å². The maximum absolute atomic E-state index is 12.0. The summed E-state index contributed by atoms with van der Waals surface area (Å²) in [5.41, 5.74) is 0.610. The number of thiophene rings is 1. The van der Waals surface area contributed by atoms with Gasteiger partial charge in [-0.2, -0.15) is 0 Å². The molecule has 0 saturated carbocycles. The smallest absolute Gasteiger partial charge is 0.252 e. The molecule has 0 bridgehead atoms. The second-order valence-corrected chi connectivity index (χ2v) is 7.05. The third-order valence-corrected chi connectivity index (χ3v) is 5.09. The summed E-state index contributed by atoms with van der Waals surface area (Å²) in [4.78, 5) is 13.1. The quantitative estimate of drug-likeness (QED) is 0.667. The molecule has 1 aromatic heterocycles. The third-order valence-electron chi connectivity index (χ3n) is 2.22. The number of carbonyl (C=O) groups is 1. The minimum atomic E-state index is -0.105. The lowest BCUT2D eigenvalue weighted by atomic mass is 10.2. The Morgan fingerprint density at radius 1 is 1.44 bits per heavy atom. The van der Waals surface area contributed by atoms with Gasteiger partial charge in [-0.05, 0) is 62.8 Å². The number of rotatable bonds is 3. The molecule has 0 spiro atoms. The van der Waals surface area contributed by atoms with Crippen LogP contribution in [0.4, 0.5) is 0 Å². The zero-order valence-corrected chi connectivity index (χ0v) is 14.4. The second-order valence-electron chi connectivity index (χ2n) is 3.54. The molecule has 0 radical (unpaired) electrons. The fourth-order valence-corrected chi connectivity index (χ4v) is 3.52. The number of hydrogen-bond acceptors (Lipinski definition) is 2. The van der Waals surface area contributed by atoms with Crippen LogP contribution in [0.1, 0.15) is 15.2 Å². The van der Waals surface area contributed by atoms with Crippen molar-refractivity contribution in [3.05, 3.63) is 53.2 Å². The Bertz CT molecular complexity index is 587. The predicted molar refractivity (Wildman–Crippen MR) is 87.4 cm³/mol. The summed E-state index contributed by atoms with van der Waals surface area (Å²) < 4.78 is 1.93. The standard InChI is InChI=1S/C12H8BrClINOS/c13-7-3-9(18-6-7)5-16-12(17)10-4-8(14)1-2-11(10)15/h1-4,6H,5H2,(H,16,17). The van der Waals surface area contributed by atoms with Gasteiger partial charge >= 0.3 is 0 Å². The summed E-state index contributed by atoms with van der Waals surface area (Å²) in [5.74, 6) is -0.105. The summed E-state index contributed by atoms with van der Waals surface area (Å²) >= 11 is 13.0. The molecule has 2 nitrogen and oxygen atoms in total. The Morgan fingerprint density at radius 3 is 2.89 bits per heavy atom. The van der Waals surface area contributed by atoms with Crippen LogP contribution in [0.15, 0.2) is 34.1 Å². The maximum Gasteiger partial charge on any atom is 0.252 e. The Kier molecular flexibility index (Phi) is 5.06. The van der Waals surface area contributed by atoms with Crippen molar-refractivity contribution in [2.75, 3.05) is 0 Å². The van der Waals surface area contributed by atoms with Gasteiger partial charge in [-0.15, -0.1) is 11.3 Å². The van der Waals surface area contributed by atoms with Crippen LogP contribution in [-0.4, -0.2) is 5.91 Å². The zero-order chi connectivity index (χ0) is 13.1. The highest BCUT2D eigenvalue weighted by Crippen LogP contribution is 2.20. The Hall–Kier alpha value is -0.110. The van der Waals surface area contributed by atoms with Crippen molar-refractivity contribution in [2.24, 2.45) is 0 Å². The normalized spacial score (nSPS) is 10.4. The molecule has 0 aliphatic carbocycles. The van der Waals surface area contributed by atoms with E-state index in [1.807, 2.05) is 17.5 Å². The van der Waals surface area contributed by atoms with E-state index in [0.29, 0.717) is 17.1 Å². The molecule has 0 fully saturated rings. The van der Waals surface area contributed by atoms with E-state index in [2.05, 4.69) is 43.8 Å². The van der Waals surface area contributed by atoms with Crippen molar-refractivity contribution in [2.45, 2.75) is 6.54 Å². The van der Waals surface area contributed by atoms with E-state index in [9.17, 15) is 4.79 Å². The van der Waals surface area contributed by atoms with Gasteiger partial charge in [0, 0.05) is 23.3 Å². The van der Waals surface area contributed by atoms with E-state index >= 15 is 0 Å². The third kappa shape index (κ3) is 3.69. The summed E-state index contributed by atoms with van der Waals surface area (Å²) in [5, 5.41) is 5.44. The van der Waals surface area contributed by atoms with Crippen LogP contribution in [0.25, 0.3) is 0 Å². The minimum Gasteiger partial charge on any atom is -0.347 e. The molecule has 0 aliphatic rings. The van der Waals surface area contributed by atoms with Crippen LogP contribution in [0.3, 0.4) is 0 Å². The minimum absolute atomic E-state index is 0.105. The van der Waals surface area contributed by atoms with Crippen LogP contribution >= 0.6 is 61.5 Å². The van der Waals surface area contributed by atoms with Crippen LogP contribution in [0.5, 0.6) is 0 Å². The number of benzene rings is 1. The van der Waals surface area contributed by atoms with E-state index in [0.717, 1.165) is 12.9 Å². The summed E-state index contributed by atoms with van der Waals surface area (Å²) in [7, 11) is 0. The van der Waals surface area contributed by atoms with E-state index in [-0.39, 0.29) is 5.91 Å². The van der Waals surface area contributed by atoms with Crippen molar-refractivity contribution in [3.63, 3.8) is 0 Å². The van der Waals surface area contributed by atoms with Gasteiger partial charge in [-0.3, -0.25) is 4.79 Å². The van der Waals surface area contributed by atoms with Gasteiger partial charge in [0.05, 0.1) is 12.1 Å². The number of nitrogens with one attached hydrogen (secondary N) is 1. The summed E-state index contributed by atoms with van der Waals surface area (Å²) in [6.45, 7) is 0.525. The number of halogens is 3. The van der Waals surface area contributed by atoms with Gasteiger partial charge in [0.1, 0.15) is 0 Å². The predicted octanol–water partition coefficient (Wildman–Crippen LogP) is 4.70. The molecule has 1 N–H and O–H groups in total. The Balaban J connectivity index is 2.05. The van der Waals surface area contributed by atoms with Crippen LogP contribution < -0.4 is 5.32 Å². The lowest BCUT2D eigenvalue weighted by molar-refractivity contribution is 0.0950. The topological polar surface area (TPSA) is 29.1 Å². The molecule has 0 unspecified atom stereocenters. The molecule has 0 atom stereocenters. The first kappa shape index (κ1) is 14.3. The van der Waals surface area contributed by atoms with E-state index in [1.165, 1.54) is 0 Å². The average Bonchev–Trinajstić information content (AvgIpc) is 2.75. The molecular formula is C12H8BrClINOS. The Labute approximate surface area is 136 Å². The van der Waals surface area contributed by atoms with Gasteiger partial charge in [0.2, 0.25) is 0 Å². The highest BCUT2D eigenvalue weighted by molar-refractivity contribution is 14.1. The molecule has 1 amide bonds. The first-order chi connectivity index (χ1) is 8.56. The SMILES string of the molecule is O=C(NCc1cc(Br)cs1)c1cc(Cl)ccc1I. The monoisotopic (exact) mass is 455 g/mol. The van der Waals surface area contributed by atoms with Gasteiger partial charge in [0.15, 0.2) is 0 Å². The van der Waals surface area contributed by atoms with Crippen molar-refractivity contribution in [1.82, 2.24) is 5.32 Å². The fourth-order valence-electron chi connectivity index (χ4n) is 1.38. The van der Waals surface area contributed by atoms with E-state index in [1.54, 1.807) is 23.5 Å². The molecule has 6 heteroatoms. The number of hydrogen-bond donors (Lipinski definition) is 1. The molecule has 0 saturated heterocycles. The molecule has 2 aromatic rings. The summed E-state index contributed by atoms with van der Waals surface area (Å²) in [6, 6.07) is 7.28. The maximum atomic E-state index is 12.0. The largest absolute Gasteiger partial charge is 0.347 e. The van der Waals surface area contributed by atoms with Crippen LogP contribution in [-0.2, 0) is 6.54 Å². The lowest BCUT2D eigenvalue weighted by Gasteiger charge is -2.06. The Morgan fingerprint density at radius 2 is 2.22 bits per heavy atom. The lowest BCUT2D eigenvalue weighted by Crippen LogP contribution is -2.23. The molecule has 2 rings (SSSR count). The van der Waals surface area contributed by atoms with Crippen molar-refractivity contribution >= 4 is 67.4 Å². The number of carbonyl (C=O) groups excluding carboxylic acids is 1. The molecule has 0 aliphatic heterocycles. The fraction of sp³-hybridized carbons (Fsp3) is 0.0833. The second kappa shape index (κ2) is 6.36. The zero-order valence-electron chi connectivity index (χ0n) is 9.04. The highest BCUT2D eigenvalue weighted by Gasteiger charge is 2.10. The molecular weight excluding hydrogens is 448 g/mol. The number of amides is 1. The van der Waals surface area contributed by atoms with Crippen molar-refractivity contribution < 1.29 is 4.79 Å². The average molecular weight is 457 g/mol. The van der Waals surface area contributed by atoms with Gasteiger partial charge in [0.25, 0.3) is 5.91 Å². The molecule has 1 heterocycles. The first-order valence-corrected chi connectivity index (χ1v) is 8.15. The van der Waals surface area contributed by atoms with Crippen LogP contribution in [0, 0.1) is 3.57 Å². The molecule has 1 aromatic carbocycles. The van der Waals surface area contributed by atoms with Gasteiger partial charge in [-0.25, -0.2) is 0 Å².